The summed E-state index contributed by atoms with van der Waals surface area (Å²) in [4.78, 5) is 8.44. The van der Waals surface area contributed by atoms with Crippen LogP contribution in [0.3, 0.4) is 0 Å². The highest BCUT2D eigenvalue weighted by atomic mass is 15.1. The van der Waals surface area contributed by atoms with E-state index in [1.165, 1.54) is 54.6 Å². The van der Waals surface area contributed by atoms with Gasteiger partial charge in [-0.05, 0) is 140 Å². The van der Waals surface area contributed by atoms with Crippen molar-refractivity contribution in [2.24, 2.45) is 0 Å². The largest absolute Gasteiger partial charge is 0.310 e. The molecule has 4 nitrogen and oxygen atoms in total. The van der Waals surface area contributed by atoms with E-state index in [-0.39, 0.29) is 10.8 Å². The SMILES string of the molecule is [C-]#[N+]c1ccc(N(c2ccc(C(C)(C)C)cc2)c2cc(CC)c3ccc4c(N(c5ccc(C#N)cc5)c5ccc(C(C)(C)C)cc5)cc(CC)c5ccc2c3c54)cc1. The molecule has 0 aliphatic heterocycles. The van der Waals surface area contributed by atoms with E-state index in [9.17, 15) is 5.26 Å². The zero-order valence-corrected chi connectivity index (χ0v) is 34.9. The van der Waals surface area contributed by atoms with Crippen molar-refractivity contribution in [1.82, 2.24) is 0 Å². The number of hydrogen-bond acceptors (Lipinski definition) is 3. The Hall–Kier alpha value is -6.62. The van der Waals surface area contributed by atoms with Crippen molar-refractivity contribution < 1.29 is 0 Å². The number of rotatable bonds is 8. The van der Waals surface area contributed by atoms with Gasteiger partial charge in [0.05, 0.1) is 29.6 Å². The second-order valence-corrected chi connectivity index (χ2v) is 17.4. The van der Waals surface area contributed by atoms with E-state index in [1.54, 1.807) is 0 Å². The average molecular weight is 755 g/mol. The molecule has 286 valence electrons. The first-order valence-electron chi connectivity index (χ1n) is 20.4. The van der Waals surface area contributed by atoms with E-state index in [0.717, 1.165) is 47.0 Å². The standard InChI is InChI=1S/C54H50N4/c1-10-36-32-49(57(41-20-12-35(34-55)13-21-41)42-22-14-38(15-23-42)53(3,4)5)47-30-28-46-37(11-2)33-50(48-31-29-45(36)51(47)52(46)48)58(44-26-18-40(56-9)19-27-44)43-24-16-39(17-25-43)54(6,7)8/h12-33H,10-11H2,1-8H3. The molecule has 0 fully saturated rings. The van der Waals surface area contributed by atoms with Gasteiger partial charge in [-0.15, -0.1) is 0 Å². The maximum absolute atomic E-state index is 9.71. The highest BCUT2D eigenvalue weighted by Gasteiger charge is 2.25. The average Bonchev–Trinajstić information content (AvgIpc) is 3.23. The predicted octanol–water partition coefficient (Wildman–Crippen LogP) is 15.7. The van der Waals surface area contributed by atoms with Crippen molar-refractivity contribution in [1.29, 1.82) is 5.26 Å². The van der Waals surface area contributed by atoms with E-state index in [1.807, 2.05) is 24.3 Å². The monoisotopic (exact) mass is 754 g/mol. The van der Waals surface area contributed by atoms with Gasteiger partial charge in [0.15, 0.2) is 5.69 Å². The number of aryl methyl sites for hydroxylation is 2. The molecule has 0 aromatic heterocycles. The summed E-state index contributed by atoms with van der Waals surface area (Å²) in [5.41, 5.74) is 12.8. The molecule has 0 saturated carbocycles. The first-order chi connectivity index (χ1) is 27.8. The summed E-state index contributed by atoms with van der Waals surface area (Å²) >= 11 is 0. The zero-order valence-electron chi connectivity index (χ0n) is 34.9. The number of anilines is 6. The van der Waals surface area contributed by atoms with Crippen LogP contribution in [0.5, 0.6) is 0 Å². The lowest BCUT2D eigenvalue weighted by Crippen LogP contribution is -2.14. The van der Waals surface area contributed by atoms with Crippen LogP contribution in [0.15, 0.2) is 133 Å². The minimum atomic E-state index is 0.0242. The van der Waals surface area contributed by atoms with Gasteiger partial charge in [0.1, 0.15) is 0 Å². The summed E-state index contributed by atoms with van der Waals surface area (Å²) in [6.45, 7) is 25.6. The fourth-order valence-corrected chi connectivity index (χ4v) is 8.49. The van der Waals surface area contributed by atoms with Crippen LogP contribution < -0.4 is 9.80 Å². The Balaban J connectivity index is 1.44. The quantitative estimate of drug-likeness (QED) is 0.114. The fourth-order valence-electron chi connectivity index (χ4n) is 8.49. The highest BCUT2D eigenvalue weighted by molar-refractivity contribution is 6.29. The fraction of sp³-hybridized carbons (Fsp3) is 0.222. The topological polar surface area (TPSA) is 34.6 Å². The molecule has 0 aliphatic rings. The van der Waals surface area contributed by atoms with Crippen LogP contribution in [0.2, 0.25) is 0 Å². The van der Waals surface area contributed by atoms with Gasteiger partial charge in [-0.2, -0.15) is 5.26 Å². The van der Waals surface area contributed by atoms with Crippen LogP contribution in [-0.2, 0) is 23.7 Å². The van der Waals surface area contributed by atoms with Crippen LogP contribution >= 0.6 is 0 Å². The lowest BCUT2D eigenvalue weighted by molar-refractivity contribution is 0.590. The number of nitriles is 1. The summed E-state index contributed by atoms with van der Waals surface area (Å²) in [6.07, 6.45) is 1.75. The number of nitrogens with zero attached hydrogens (tertiary/aromatic N) is 4. The van der Waals surface area contributed by atoms with Gasteiger partial charge in [0.25, 0.3) is 0 Å². The van der Waals surface area contributed by atoms with Gasteiger partial charge in [0, 0.05) is 33.5 Å². The molecule has 0 spiro atoms. The highest BCUT2D eigenvalue weighted by Crippen LogP contribution is 2.50. The Morgan fingerprint density at radius 3 is 1.17 bits per heavy atom. The summed E-state index contributed by atoms with van der Waals surface area (Å²) in [5.74, 6) is 0. The van der Waals surface area contributed by atoms with E-state index in [2.05, 4.69) is 185 Å². The Kier molecular flexibility index (Phi) is 9.71. The van der Waals surface area contributed by atoms with Gasteiger partial charge in [-0.25, -0.2) is 4.85 Å². The molecule has 8 aromatic rings. The van der Waals surface area contributed by atoms with E-state index in [0.29, 0.717) is 11.3 Å². The molecular formula is C54H50N4. The Labute approximate surface area is 343 Å². The van der Waals surface area contributed by atoms with Crippen LogP contribution in [0.25, 0.3) is 37.2 Å². The normalized spacial score (nSPS) is 11.9. The van der Waals surface area contributed by atoms with Gasteiger partial charge < -0.3 is 9.80 Å². The predicted molar refractivity (Wildman–Crippen MR) is 247 cm³/mol. The Morgan fingerprint density at radius 1 is 0.500 bits per heavy atom. The smallest absolute Gasteiger partial charge is 0.187 e. The van der Waals surface area contributed by atoms with Gasteiger partial charge in [-0.3, -0.25) is 0 Å². The molecule has 0 saturated heterocycles. The summed E-state index contributed by atoms with van der Waals surface area (Å²) in [6, 6.07) is 50.2. The van der Waals surface area contributed by atoms with Crippen LogP contribution in [0.1, 0.15) is 83.2 Å². The Morgan fingerprint density at radius 2 is 0.845 bits per heavy atom. The third-order valence-electron chi connectivity index (χ3n) is 11.7. The van der Waals surface area contributed by atoms with E-state index < -0.39 is 0 Å². The van der Waals surface area contributed by atoms with Crippen LogP contribution in [0.4, 0.5) is 39.8 Å². The van der Waals surface area contributed by atoms with Crippen molar-refractivity contribution in [2.75, 3.05) is 9.80 Å². The molecule has 58 heavy (non-hydrogen) atoms. The molecular weight excluding hydrogens is 705 g/mol. The first-order valence-corrected chi connectivity index (χ1v) is 20.4. The zero-order chi connectivity index (χ0) is 40.9. The third kappa shape index (κ3) is 6.70. The molecule has 8 rings (SSSR count). The minimum Gasteiger partial charge on any atom is -0.310 e. The lowest BCUT2D eigenvalue weighted by Gasteiger charge is -2.31. The van der Waals surface area contributed by atoms with E-state index >= 15 is 0 Å². The Bertz CT molecular complexity index is 2660. The van der Waals surface area contributed by atoms with Crippen molar-refractivity contribution in [3.8, 4) is 6.07 Å². The van der Waals surface area contributed by atoms with Gasteiger partial charge in [-0.1, -0.05) is 116 Å². The maximum atomic E-state index is 9.71. The van der Waals surface area contributed by atoms with Crippen LogP contribution in [0, 0.1) is 17.9 Å². The van der Waals surface area contributed by atoms with Gasteiger partial charge >= 0.3 is 0 Å². The molecule has 0 heterocycles. The molecule has 0 amide bonds. The second kappa shape index (κ2) is 14.7. The minimum absolute atomic E-state index is 0.0242. The molecule has 0 N–H and O–H groups in total. The first kappa shape index (κ1) is 38.3. The van der Waals surface area contributed by atoms with Crippen molar-refractivity contribution in [3.63, 3.8) is 0 Å². The summed E-state index contributed by atoms with van der Waals surface area (Å²) < 4.78 is 0. The lowest BCUT2D eigenvalue weighted by atomic mass is 9.86. The van der Waals surface area contributed by atoms with Crippen molar-refractivity contribution in [3.05, 3.63) is 173 Å². The molecule has 4 heteroatoms. The van der Waals surface area contributed by atoms with Crippen molar-refractivity contribution in [2.45, 2.75) is 79.1 Å². The molecule has 0 aliphatic carbocycles. The van der Waals surface area contributed by atoms with Crippen LogP contribution in [-0.4, -0.2) is 0 Å². The van der Waals surface area contributed by atoms with Crippen molar-refractivity contribution >= 4 is 72.1 Å². The third-order valence-corrected chi connectivity index (χ3v) is 11.7. The summed E-state index contributed by atoms with van der Waals surface area (Å²) in [5, 5.41) is 17.1. The second-order valence-electron chi connectivity index (χ2n) is 17.4. The maximum Gasteiger partial charge on any atom is 0.187 e. The number of benzene rings is 8. The summed E-state index contributed by atoms with van der Waals surface area (Å²) in [7, 11) is 0. The molecule has 0 atom stereocenters. The number of hydrogen-bond donors (Lipinski definition) is 0. The molecule has 8 aromatic carbocycles. The van der Waals surface area contributed by atoms with E-state index in [4.69, 9.17) is 6.57 Å². The van der Waals surface area contributed by atoms with Gasteiger partial charge in [0.2, 0.25) is 0 Å². The molecule has 0 radical (unpaired) electrons. The molecule has 0 unspecified atom stereocenters. The molecule has 0 bridgehead atoms.